The summed E-state index contributed by atoms with van der Waals surface area (Å²) in [7, 11) is 0. The van der Waals surface area contributed by atoms with Gasteiger partial charge in [-0.05, 0) is 44.2 Å². The summed E-state index contributed by atoms with van der Waals surface area (Å²) in [5, 5.41) is 17.9. The lowest BCUT2D eigenvalue weighted by molar-refractivity contribution is -0.156. The van der Waals surface area contributed by atoms with Gasteiger partial charge < -0.3 is 30.7 Å². The number of nitrogens with one attached hydrogen (secondary N) is 3. The van der Waals surface area contributed by atoms with Gasteiger partial charge in [0.25, 0.3) is 0 Å². The summed E-state index contributed by atoms with van der Waals surface area (Å²) in [5.74, 6) is -1.35. The third-order valence-electron chi connectivity index (χ3n) is 6.19. The van der Waals surface area contributed by atoms with E-state index in [-0.39, 0.29) is 18.4 Å². The molecule has 33 heavy (non-hydrogen) atoms. The van der Waals surface area contributed by atoms with Gasteiger partial charge in [0, 0.05) is 11.7 Å². The Kier molecular flexibility index (Phi) is 6.93. The summed E-state index contributed by atoms with van der Waals surface area (Å²) in [6.45, 7) is 0. The van der Waals surface area contributed by atoms with E-state index in [4.69, 9.17) is 4.74 Å². The Morgan fingerprint density at radius 2 is 1.79 bits per heavy atom. The molecule has 10 nitrogen and oxygen atoms in total. The average Bonchev–Trinajstić information content (AvgIpc) is 3.11. The predicted octanol–water partition coefficient (Wildman–Crippen LogP) is 1.03. The first-order valence-electron chi connectivity index (χ1n) is 11.2. The van der Waals surface area contributed by atoms with Gasteiger partial charge in [0.1, 0.15) is 18.1 Å². The van der Waals surface area contributed by atoms with Gasteiger partial charge >= 0.3 is 12.0 Å². The number of hydrogen-bond donors (Lipinski definition) is 4. The fourth-order valence-electron chi connectivity index (χ4n) is 4.58. The van der Waals surface area contributed by atoms with Crippen molar-refractivity contribution < 1.29 is 29.0 Å². The van der Waals surface area contributed by atoms with Gasteiger partial charge in [-0.15, -0.1) is 0 Å². The maximum atomic E-state index is 13.5. The second kappa shape index (κ2) is 10.0. The van der Waals surface area contributed by atoms with Crippen LogP contribution in [0.5, 0.6) is 0 Å². The summed E-state index contributed by atoms with van der Waals surface area (Å²) in [6.07, 6.45) is 5.22. The van der Waals surface area contributed by atoms with E-state index >= 15 is 0 Å². The Bertz CT molecular complexity index is 936. The highest BCUT2D eigenvalue weighted by atomic mass is 16.6. The molecule has 1 aromatic rings. The van der Waals surface area contributed by atoms with Crippen molar-refractivity contribution in [1.82, 2.24) is 15.5 Å². The Labute approximate surface area is 191 Å². The van der Waals surface area contributed by atoms with Crippen LogP contribution in [0.3, 0.4) is 0 Å². The summed E-state index contributed by atoms with van der Waals surface area (Å²) < 4.78 is 4.69. The number of esters is 1. The molecule has 4 N–H and O–H groups in total. The molecule has 0 aliphatic carbocycles. The molecule has 0 bridgehead atoms. The lowest BCUT2D eigenvalue weighted by atomic mass is 9.90. The number of nitrogens with zero attached hydrogens (tertiary/aromatic N) is 1. The molecule has 2 saturated heterocycles. The molecular formula is C23H28N4O6. The molecule has 176 valence electrons. The summed E-state index contributed by atoms with van der Waals surface area (Å²) in [4.78, 5) is 52.1. The van der Waals surface area contributed by atoms with E-state index in [0.717, 1.165) is 12.8 Å². The molecule has 2 unspecified atom stereocenters. The number of aliphatic hydroxyl groups excluding tert-OH is 1. The third kappa shape index (κ3) is 5.33. The molecule has 0 aromatic heterocycles. The minimum absolute atomic E-state index is 0.121. The van der Waals surface area contributed by atoms with Crippen molar-refractivity contribution in [3.05, 3.63) is 42.5 Å². The highest BCUT2D eigenvalue weighted by Gasteiger charge is 2.43. The van der Waals surface area contributed by atoms with Crippen LogP contribution in [-0.2, 0) is 19.1 Å². The molecular weight excluding hydrogens is 428 g/mol. The molecule has 2 fully saturated rings. The monoisotopic (exact) mass is 456 g/mol. The quantitative estimate of drug-likeness (QED) is 0.395. The second-order valence-electron chi connectivity index (χ2n) is 8.51. The lowest BCUT2D eigenvalue weighted by Crippen LogP contribution is -2.62. The zero-order chi connectivity index (χ0) is 23.4. The number of carbonyl (C=O) groups is 4. The highest BCUT2D eigenvalue weighted by molar-refractivity contribution is 5.96. The van der Waals surface area contributed by atoms with Crippen molar-refractivity contribution in [1.29, 1.82) is 0 Å². The van der Waals surface area contributed by atoms with Crippen LogP contribution in [0.15, 0.2) is 42.5 Å². The molecule has 0 saturated carbocycles. The molecule has 3 aliphatic rings. The van der Waals surface area contributed by atoms with E-state index in [9.17, 15) is 24.3 Å². The van der Waals surface area contributed by atoms with E-state index in [1.54, 1.807) is 29.2 Å². The standard InChI is InChI=1S/C23H28N4O6/c28-19-13-17(22(31)33-19)25-20(29)18-12-6-10-15-9-4-5-11-16(21(30)27(15)18)26-23(32)24-14-7-2-1-3-8-14/h1-5,7-8,15-18,22,31H,6,9-13H2,(H,25,29)(H2,24,26,32)/t15-,16-,17?,18-,22?/m0/s1. The number of ether oxygens (including phenoxy) is 1. The van der Waals surface area contributed by atoms with E-state index in [1.165, 1.54) is 0 Å². The molecule has 5 atom stereocenters. The maximum Gasteiger partial charge on any atom is 0.319 e. The number of urea groups is 1. The minimum Gasteiger partial charge on any atom is -0.434 e. The van der Waals surface area contributed by atoms with Crippen molar-refractivity contribution >= 4 is 29.5 Å². The van der Waals surface area contributed by atoms with Crippen LogP contribution in [0.1, 0.15) is 38.5 Å². The van der Waals surface area contributed by atoms with Crippen LogP contribution >= 0.6 is 0 Å². The fraction of sp³-hybridized carbons (Fsp3) is 0.478. The molecule has 3 heterocycles. The van der Waals surface area contributed by atoms with Crippen LogP contribution in [0, 0.1) is 0 Å². The first-order chi connectivity index (χ1) is 15.9. The van der Waals surface area contributed by atoms with Crippen molar-refractivity contribution in [3.63, 3.8) is 0 Å². The van der Waals surface area contributed by atoms with E-state index in [1.807, 2.05) is 18.2 Å². The normalized spacial score (nSPS) is 29.4. The number of amides is 4. The van der Waals surface area contributed by atoms with Gasteiger partial charge in [0.05, 0.1) is 6.42 Å². The van der Waals surface area contributed by atoms with E-state index < -0.39 is 42.3 Å². The number of anilines is 1. The largest absolute Gasteiger partial charge is 0.434 e. The lowest BCUT2D eigenvalue weighted by Gasteiger charge is -2.43. The number of aliphatic hydroxyl groups is 1. The third-order valence-corrected chi connectivity index (χ3v) is 6.19. The average molecular weight is 456 g/mol. The first kappa shape index (κ1) is 22.8. The Morgan fingerprint density at radius 3 is 2.52 bits per heavy atom. The fourth-order valence-corrected chi connectivity index (χ4v) is 4.58. The summed E-state index contributed by atoms with van der Waals surface area (Å²) >= 11 is 0. The van der Waals surface area contributed by atoms with Gasteiger partial charge in [0.15, 0.2) is 0 Å². The Morgan fingerprint density at radius 1 is 1.03 bits per heavy atom. The number of para-hydroxylation sites is 1. The number of cyclic esters (lactones) is 1. The van der Waals surface area contributed by atoms with Crippen molar-refractivity contribution in [2.24, 2.45) is 0 Å². The summed E-state index contributed by atoms with van der Waals surface area (Å²) in [6, 6.07) is 5.79. The number of piperidine rings is 1. The Hall–Kier alpha value is -3.40. The van der Waals surface area contributed by atoms with Gasteiger partial charge in [-0.25, -0.2) is 4.79 Å². The highest BCUT2D eigenvalue weighted by Crippen LogP contribution is 2.29. The van der Waals surface area contributed by atoms with Crippen molar-refractivity contribution in [2.45, 2.75) is 69.0 Å². The smallest absolute Gasteiger partial charge is 0.319 e. The zero-order valence-electron chi connectivity index (χ0n) is 18.1. The Balaban J connectivity index is 1.47. The molecule has 1 aromatic carbocycles. The van der Waals surface area contributed by atoms with E-state index in [2.05, 4.69) is 16.0 Å². The second-order valence-corrected chi connectivity index (χ2v) is 8.51. The first-order valence-corrected chi connectivity index (χ1v) is 11.2. The zero-order valence-corrected chi connectivity index (χ0v) is 18.1. The molecule has 4 amide bonds. The summed E-state index contributed by atoms with van der Waals surface area (Å²) in [5.41, 5.74) is 0.601. The SMILES string of the molecule is O=C(Nc1ccccc1)N[C@H]1CC=CC[C@H]2CCC[C@@H](C(=O)NC3CC(=O)OC3O)N2C1=O. The minimum atomic E-state index is -1.40. The maximum absolute atomic E-state index is 13.5. The van der Waals surface area contributed by atoms with Crippen molar-refractivity contribution in [2.75, 3.05) is 5.32 Å². The predicted molar refractivity (Wildman–Crippen MR) is 118 cm³/mol. The molecule has 10 heteroatoms. The number of rotatable bonds is 4. The number of carbonyl (C=O) groups excluding carboxylic acids is 4. The van der Waals surface area contributed by atoms with Crippen molar-refractivity contribution in [3.8, 4) is 0 Å². The van der Waals surface area contributed by atoms with Crippen LogP contribution < -0.4 is 16.0 Å². The number of benzene rings is 1. The van der Waals surface area contributed by atoms with Crippen LogP contribution in [0.25, 0.3) is 0 Å². The molecule has 4 rings (SSSR count). The topological polar surface area (TPSA) is 137 Å². The van der Waals surface area contributed by atoms with Crippen LogP contribution in [0.4, 0.5) is 10.5 Å². The number of hydrogen-bond acceptors (Lipinski definition) is 6. The number of fused-ring (bicyclic) bond motifs is 1. The van der Waals surface area contributed by atoms with Crippen LogP contribution in [0.2, 0.25) is 0 Å². The molecule has 3 aliphatic heterocycles. The molecule has 0 spiro atoms. The van der Waals surface area contributed by atoms with Gasteiger partial charge in [0.2, 0.25) is 18.1 Å². The van der Waals surface area contributed by atoms with Crippen LogP contribution in [-0.4, -0.2) is 64.3 Å². The molecule has 0 radical (unpaired) electrons. The van der Waals surface area contributed by atoms with Gasteiger partial charge in [-0.3, -0.25) is 14.4 Å². The van der Waals surface area contributed by atoms with E-state index in [0.29, 0.717) is 24.9 Å². The van der Waals surface area contributed by atoms with Gasteiger partial charge in [-0.1, -0.05) is 30.4 Å². The van der Waals surface area contributed by atoms with Gasteiger partial charge in [-0.2, -0.15) is 0 Å².